The summed E-state index contributed by atoms with van der Waals surface area (Å²) in [6, 6.07) is 5.84. The van der Waals surface area contributed by atoms with Gasteiger partial charge < -0.3 is 9.84 Å². The molecule has 7 nitrogen and oxygen atoms in total. The van der Waals surface area contributed by atoms with Crippen LogP contribution >= 0.6 is 0 Å². The van der Waals surface area contributed by atoms with Crippen LogP contribution in [0.2, 0.25) is 0 Å². The van der Waals surface area contributed by atoms with Gasteiger partial charge in [0, 0.05) is 25.0 Å². The van der Waals surface area contributed by atoms with Gasteiger partial charge in [0.15, 0.2) is 0 Å². The third-order valence-electron chi connectivity index (χ3n) is 3.07. The van der Waals surface area contributed by atoms with Gasteiger partial charge in [-0.15, -0.1) is 0 Å². The number of hydrogen-bond donors (Lipinski definition) is 1. The van der Waals surface area contributed by atoms with E-state index in [2.05, 4.69) is 0 Å². The molecule has 0 heterocycles. The number of carbonyl (C=O) groups is 2. The van der Waals surface area contributed by atoms with Crippen LogP contribution < -0.4 is 0 Å². The standard InChI is InChI=1S/C15H19NO6/c17-14(18)5-3-1-2-4-6-15(19)22-11-12-7-9-13(10-8-12)16(20)21/h7-10H,1-6,11H2,(H,17,18). The van der Waals surface area contributed by atoms with E-state index in [0.29, 0.717) is 24.8 Å². The predicted molar refractivity (Wildman–Crippen MR) is 78.2 cm³/mol. The van der Waals surface area contributed by atoms with E-state index < -0.39 is 10.9 Å². The third kappa shape index (κ3) is 7.37. The van der Waals surface area contributed by atoms with Gasteiger partial charge in [0.25, 0.3) is 5.69 Å². The van der Waals surface area contributed by atoms with Gasteiger partial charge in [-0.2, -0.15) is 0 Å². The zero-order valence-electron chi connectivity index (χ0n) is 12.2. The summed E-state index contributed by atoms with van der Waals surface area (Å²) < 4.78 is 5.07. The van der Waals surface area contributed by atoms with E-state index in [1.807, 2.05) is 0 Å². The highest BCUT2D eigenvalue weighted by atomic mass is 16.6. The average Bonchev–Trinajstić information content (AvgIpc) is 2.48. The first-order valence-electron chi connectivity index (χ1n) is 7.10. The fourth-order valence-corrected chi connectivity index (χ4v) is 1.85. The number of rotatable bonds is 10. The number of carbonyl (C=O) groups excluding carboxylic acids is 1. The number of ether oxygens (including phenoxy) is 1. The molecular weight excluding hydrogens is 290 g/mol. The summed E-state index contributed by atoms with van der Waals surface area (Å²) in [7, 11) is 0. The predicted octanol–water partition coefficient (Wildman–Crippen LogP) is 3.06. The van der Waals surface area contributed by atoms with Crippen LogP contribution in [0.25, 0.3) is 0 Å². The summed E-state index contributed by atoms with van der Waals surface area (Å²) >= 11 is 0. The van der Waals surface area contributed by atoms with E-state index in [9.17, 15) is 19.7 Å². The number of non-ortho nitro benzene ring substituents is 1. The number of nitro groups is 1. The molecule has 0 aliphatic carbocycles. The summed E-state index contributed by atoms with van der Waals surface area (Å²) in [6.07, 6.45) is 3.30. The van der Waals surface area contributed by atoms with Crippen LogP contribution in [0.5, 0.6) is 0 Å². The van der Waals surface area contributed by atoms with Crippen LogP contribution in [0.3, 0.4) is 0 Å². The molecule has 0 aliphatic rings. The smallest absolute Gasteiger partial charge is 0.306 e. The Morgan fingerprint density at radius 1 is 1.05 bits per heavy atom. The van der Waals surface area contributed by atoms with Crippen molar-refractivity contribution in [3.8, 4) is 0 Å². The molecule has 0 saturated heterocycles. The number of unbranched alkanes of at least 4 members (excludes halogenated alkanes) is 3. The maximum atomic E-state index is 11.5. The fraction of sp³-hybridized carbons (Fsp3) is 0.467. The van der Waals surface area contributed by atoms with Crippen LogP contribution in [0.15, 0.2) is 24.3 Å². The number of carboxylic acid groups (broad SMARTS) is 1. The molecule has 0 aromatic heterocycles. The first-order chi connectivity index (χ1) is 10.5. The highest BCUT2D eigenvalue weighted by Gasteiger charge is 2.06. The van der Waals surface area contributed by atoms with Crippen molar-refractivity contribution in [2.24, 2.45) is 0 Å². The largest absolute Gasteiger partial charge is 0.481 e. The number of carboxylic acids is 1. The number of benzene rings is 1. The van der Waals surface area contributed by atoms with Gasteiger partial charge in [-0.1, -0.05) is 12.8 Å². The van der Waals surface area contributed by atoms with Crippen molar-refractivity contribution in [1.29, 1.82) is 0 Å². The van der Waals surface area contributed by atoms with Gasteiger partial charge in [-0.05, 0) is 30.5 Å². The average molecular weight is 309 g/mol. The van der Waals surface area contributed by atoms with Gasteiger partial charge in [-0.3, -0.25) is 19.7 Å². The van der Waals surface area contributed by atoms with Gasteiger partial charge in [0.2, 0.25) is 0 Å². The first-order valence-corrected chi connectivity index (χ1v) is 7.10. The molecule has 0 aliphatic heterocycles. The van der Waals surface area contributed by atoms with Crippen LogP contribution in [0.4, 0.5) is 5.69 Å². The molecule has 120 valence electrons. The molecule has 0 radical (unpaired) electrons. The van der Waals surface area contributed by atoms with Crippen LogP contribution in [-0.4, -0.2) is 22.0 Å². The van der Waals surface area contributed by atoms with E-state index in [-0.39, 0.29) is 24.7 Å². The second-order valence-electron chi connectivity index (χ2n) is 4.89. The SMILES string of the molecule is O=C(O)CCCCCCC(=O)OCc1ccc([N+](=O)[O-])cc1. The Labute approximate surface area is 128 Å². The molecule has 0 fully saturated rings. The van der Waals surface area contributed by atoms with E-state index in [0.717, 1.165) is 12.8 Å². The summed E-state index contributed by atoms with van der Waals surface area (Å²) in [4.78, 5) is 31.8. The van der Waals surface area contributed by atoms with Crippen molar-refractivity contribution in [3.05, 3.63) is 39.9 Å². The minimum Gasteiger partial charge on any atom is -0.481 e. The second kappa shape index (κ2) is 9.49. The lowest BCUT2D eigenvalue weighted by Gasteiger charge is -2.05. The minimum atomic E-state index is -0.803. The molecule has 0 atom stereocenters. The summed E-state index contributed by atoms with van der Waals surface area (Å²) in [6.45, 7) is 0.0931. The number of esters is 1. The fourth-order valence-electron chi connectivity index (χ4n) is 1.85. The number of aliphatic carboxylic acids is 1. The van der Waals surface area contributed by atoms with Gasteiger partial charge in [-0.25, -0.2) is 0 Å². The Kier molecular flexibility index (Phi) is 7.60. The maximum absolute atomic E-state index is 11.5. The summed E-state index contributed by atoms with van der Waals surface area (Å²) in [5.41, 5.74) is 0.692. The Hall–Kier alpha value is -2.44. The van der Waals surface area contributed by atoms with Crippen molar-refractivity contribution in [1.82, 2.24) is 0 Å². The maximum Gasteiger partial charge on any atom is 0.306 e. The molecule has 7 heteroatoms. The summed E-state index contributed by atoms with van der Waals surface area (Å²) in [5, 5.41) is 19.0. The van der Waals surface area contributed by atoms with Crippen molar-refractivity contribution in [2.45, 2.75) is 45.1 Å². The normalized spacial score (nSPS) is 10.2. The number of nitrogens with zero attached hydrogens (tertiary/aromatic N) is 1. The Morgan fingerprint density at radius 2 is 1.64 bits per heavy atom. The molecule has 1 rings (SSSR count). The first kappa shape index (κ1) is 17.6. The number of hydrogen-bond acceptors (Lipinski definition) is 5. The Balaban J connectivity index is 2.15. The molecule has 1 aromatic carbocycles. The molecule has 22 heavy (non-hydrogen) atoms. The zero-order valence-corrected chi connectivity index (χ0v) is 12.2. The van der Waals surface area contributed by atoms with E-state index in [4.69, 9.17) is 9.84 Å². The zero-order chi connectivity index (χ0) is 16.4. The highest BCUT2D eigenvalue weighted by molar-refractivity contribution is 5.69. The lowest BCUT2D eigenvalue weighted by atomic mass is 10.1. The lowest BCUT2D eigenvalue weighted by Crippen LogP contribution is -2.04. The molecule has 0 saturated carbocycles. The van der Waals surface area contributed by atoms with E-state index >= 15 is 0 Å². The summed E-state index contributed by atoms with van der Waals surface area (Å²) in [5.74, 6) is -1.13. The van der Waals surface area contributed by atoms with Crippen molar-refractivity contribution in [2.75, 3.05) is 0 Å². The Morgan fingerprint density at radius 3 is 2.18 bits per heavy atom. The molecule has 1 N–H and O–H groups in total. The van der Waals surface area contributed by atoms with Gasteiger partial charge in [0.1, 0.15) is 6.61 Å². The van der Waals surface area contributed by atoms with E-state index in [1.165, 1.54) is 12.1 Å². The monoisotopic (exact) mass is 309 g/mol. The van der Waals surface area contributed by atoms with Crippen LogP contribution in [0, 0.1) is 10.1 Å². The molecule has 0 bridgehead atoms. The highest BCUT2D eigenvalue weighted by Crippen LogP contribution is 2.13. The van der Waals surface area contributed by atoms with Crippen LogP contribution in [0.1, 0.15) is 44.1 Å². The second-order valence-corrected chi connectivity index (χ2v) is 4.89. The molecule has 0 unspecified atom stereocenters. The quantitative estimate of drug-likeness (QED) is 0.308. The van der Waals surface area contributed by atoms with E-state index in [1.54, 1.807) is 12.1 Å². The molecule has 0 spiro atoms. The van der Waals surface area contributed by atoms with Crippen molar-refractivity contribution in [3.63, 3.8) is 0 Å². The topological polar surface area (TPSA) is 107 Å². The van der Waals surface area contributed by atoms with Gasteiger partial charge in [0.05, 0.1) is 4.92 Å². The third-order valence-corrected chi connectivity index (χ3v) is 3.07. The lowest BCUT2D eigenvalue weighted by molar-refractivity contribution is -0.384. The molecule has 1 aromatic rings. The minimum absolute atomic E-state index is 0.00330. The number of nitro benzene ring substituents is 1. The van der Waals surface area contributed by atoms with Crippen molar-refractivity contribution >= 4 is 17.6 Å². The Bertz CT molecular complexity index is 511. The molecule has 0 amide bonds. The molecular formula is C15H19NO6. The van der Waals surface area contributed by atoms with Crippen LogP contribution in [-0.2, 0) is 20.9 Å². The van der Waals surface area contributed by atoms with Crippen molar-refractivity contribution < 1.29 is 24.4 Å². The van der Waals surface area contributed by atoms with Gasteiger partial charge >= 0.3 is 11.9 Å².